The Kier molecular flexibility index (Phi) is 15.8. The van der Waals surface area contributed by atoms with Crippen molar-refractivity contribution in [2.24, 2.45) is 28.8 Å². The van der Waals surface area contributed by atoms with Crippen molar-refractivity contribution >= 4 is 40.3 Å². The third-order valence-corrected chi connectivity index (χ3v) is 13.4. The molecule has 4 aliphatic rings. The maximum atomic E-state index is 14.6. The first-order chi connectivity index (χ1) is 32.4. The third kappa shape index (κ3) is 10.9. The average Bonchev–Trinajstić information content (AvgIpc) is 3.57. The number of Topliss-reactive ketones (excluding diaryl/α,β-unsaturated/α-hetero) is 1. The van der Waals surface area contributed by atoms with Gasteiger partial charge in [0.05, 0.1) is 58.6 Å². The molecule has 1 amide bonds. The number of alkyl halides is 3. The number of phenolic OH excluding ortho intramolecular Hbond substituents is 3. The molecule has 3 aromatic rings. The Morgan fingerprint density at radius 1 is 0.957 bits per heavy atom. The first-order valence-corrected chi connectivity index (χ1v) is 22.6. The Bertz CT molecular complexity index is 2570. The van der Waals surface area contributed by atoms with Crippen LogP contribution in [0.1, 0.15) is 81.1 Å². The van der Waals surface area contributed by atoms with Gasteiger partial charge in [-0.15, -0.1) is 0 Å². The number of ether oxygens (including phenoxy) is 4. The summed E-state index contributed by atoms with van der Waals surface area (Å²) in [6.07, 6.45) is -0.100. The number of methoxy groups -OCH3 is 1. The van der Waals surface area contributed by atoms with Gasteiger partial charge < -0.3 is 49.8 Å². The number of phenols is 3. The van der Waals surface area contributed by atoms with Gasteiger partial charge in [-0.25, -0.2) is 0 Å². The minimum absolute atomic E-state index is 0.00372. The molecule has 69 heavy (non-hydrogen) atoms. The minimum Gasteiger partial charge on any atom is -0.507 e. The van der Waals surface area contributed by atoms with E-state index in [1.54, 1.807) is 50.9 Å². The van der Waals surface area contributed by atoms with Crippen LogP contribution in [-0.2, 0) is 36.5 Å². The fraction of sp³-hybridized carbons (Fsp3) is 0.480. The molecule has 6 N–H and O–H groups in total. The summed E-state index contributed by atoms with van der Waals surface area (Å²) in [5.74, 6) is -9.08. The quantitative estimate of drug-likeness (QED) is 0.0639. The van der Waals surface area contributed by atoms with E-state index in [1.807, 2.05) is 4.90 Å². The molecule has 1 saturated heterocycles. The van der Waals surface area contributed by atoms with Crippen molar-refractivity contribution in [2.75, 3.05) is 38.6 Å². The molecule has 19 heteroatoms. The lowest BCUT2D eigenvalue weighted by Crippen LogP contribution is -2.46. The van der Waals surface area contributed by atoms with Crippen LogP contribution < -0.4 is 10.1 Å². The van der Waals surface area contributed by atoms with Crippen LogP contribution in [0.25, 0.3) is 10.8 Å². The molecule has 9 atom stereocenters. The Morgan fingerprint density at radius 2 is 1.64 bits per heavy atom. The number of aliphatic hydroxyl groups is 2. The maximum absolute atomic E-state index is 14.6. The number of carbonyl (C=O) groups excluding carboxylic acids is 3. The van der Waals surface area contributed by atoms with Gasteiger partial charge in [-0.05, 0) is 31.6 Å². The van der Waals surface area contributed by atoms with Crippen molar-refractivity contribution in [3.05, 3.63) is 88.2 Å². The van der Waals surface area contributed by atoms with Gasteiger partial charge in [-0.1, -0.05) is 64.1 Å². The molecular formula is C50H61F3N4O12. The first-order valence-electron chi connectivity index (χ1n) is 22.6. The van der Waals surface area contributed by atoms with Crippen LogP contribution in [0.4, 0.5) is 18.9 Å². The number of esters is 1. The predicted molar refractivity (Wildman–Crippen MR) is 250 cm³/mol. The summed E-state index contributed by atoms with van der Waals surface area (Å²) in [5, 5.41) is 67.0. The Morgan fingerprint density at radius 3 is 2.28 bits per heavy atom. The Labute approximate surface area is 398 Å². The van der Waals surface area contributed by atoms with Gasteiger partial charge in [0.1, 0.15) is 23.4 Å². The number of nitrogens with zero attached hydrogens (tertiary/aromatic N) is 3. The second-order valence-corrected chi connectivity index (χ2v) is 18.3. The number of carbonyl (C=O) groups is 3. The second-order valence-electron chi connectivity index (χ2n) is 18.3. The summed E-state index contributed by atoms with van der Waals surface area (Å²) in [4.78, 5) is 42.8. The third-order valence-electron chi connectivity index (χ3n) is 13.4. The molecule has 3 aromatic carbocycles. The summed E-state index contributed by atoms with van der Waals surface area (Å²) in [6, 6.07) is 5.11. The lowest BCUT2D eigenvalue weighted by molar-refractivity contribution is -0.160. The van der Waals surface area contributed by atoms with Crippen LogP contribution in [0, 0.1) is 30.6 Å². The van der Waals surface area contributed by atoms with Crippen molar-refractivity contribution < 1.29 is 72.0 Å². The van der Waals surface area contributed by atoms with Crippen LogP contribution in [-0.4, -0.2) is 123 Å². The zero-order chi connectivity index (χ0) is 50.9. The molecule has 0 saturated carbocycles. The van der Waals surface area contributed by atoms with E-state index in [1.165, 1.54) is 59.2 Å². The van der Waals surface area contributed by atoms with Crippen LogP contribution in [0.15, 0.2) is 65.5 Å². The highest BCUT2D eigenvalue weighted by Crippen LogP contribution is 2.55. The monoisotopic (exact) mass is 966 g/mol. The van der Waals surface area contributed by atoms with E-state index in [2.05, 4.69) is 10.4 Å². The summed E-state index contributed by atoms with van der Waals surface area (Å²) >= 11 is 0. The van der Waals surface area contributed by atoms with Crippen LogP contribution in [0.5, 0.6) is 23.0 Å². The number of benzene rings is 3. The zero-order valence-corrected chi connectivity index (χ0v) is 40.0. The number of fused-ring (bicyclic) bond motifs is 14. The topological polar surface area (TPSA) is 220 Å². The standard InChI is InChI=1S/C50H61F3N4O12/c1-25-12-10-13-26(2)48(65)55-39-34(23-54-57-19-17-56(18-20-57)24-32-14-11-15-33(22-32)50(51,52)53)43(62)36-37(44(39)63)42(61)30(6)46-38(36)47(64)49(8,69-46)67-21-16-35(66-9)27(3)45(68-31(7)58)29(5)41(60)28(4)40(25)59/h10-16,21-23,25,27-29,35,40-41,45,59-63H,17-20,24H2,1-9H3,(H,55,65)/b12-10+,21-16+,26-13-,54-23?/t25-,27-,28+,29-,35-,40-,41+,45+,49-/m0/s1. The molecule has 0 spiro atoms. The number of anilines is 1. The van der Waals surface area contributed by atoms with E-state index in [0.717, 1.165) is 18.4 Å². The lowest BCUT2D eigenvalue weighted by Gasteiger charge is -2.38. The smallest absolute Gasteiger partial charge is 0.416 e. The Balaban J connectivity index is 1.43. The summed E-state index contributed by atoms with van der Waals surface area (Å²) in [5.41, 5.74) is -1.02. The summed E-state index contributed by atoms with van der Waals surface area (Å²) < 4.78 is 63.8. The number of halogens is 3. The average molecular weight is 967 g/mol. The lowest BCUT2D eigenvalue weighted by atomic mass is 9.78. The van der Waals surface area contributed by atoms with E-state index in [4.69, 9.17) is 18.9 Å². The number of rotatable bonds is 6. The van der Waals surface area contributed by atoms with Gasteiger partial charge in [0.25, 0.3) is 11.7 Å². The largest absolute Gasteiger partial charge is 0.507 e. The van der Waals surface area contributed by atoms with Crippen LogP contribution >= 0.6 is 0 Å². The molecule has 0 radical (unpaired) electrons. The number of allylic oxidation sites excluding steroid dienone is 2. The fourth-order valence-electron chi connectivity index (χ4n) is 9.13. The van der Waals surface area contributed by atoms with Gasteiger partial charge in [0.15, 0.2) is 5.75 Å². The summed E-state index contributed by atoms with van der Waals surface area (Å²) in [6.45, 7) is 13.9. The van der Waals surface area contributed by atoms with E-state index in [-0.39, 0.29) is 51.0 Å². The highest BCUT2D eigenvalue weighted by atomic mass is 19.4. The number of hydrazone groups is 1. The maximum Gasteiger partial charge on any atom is 0.416 e. The minimum atomic E-state index is -4.48. The van der Waals surface area contributed by atoms with Gasteiger partial charge in [0.2, 0.25) is 0 Å². The van der Waals surface area contributed by atoms with E-state index < -0.39 is 101 Å². The normalized spacial score (nSPS) is 29.4. The molecule has 5 bridgehead atoms. The second kappa shape index (κ2) is 20.8. The van der Waals surface area contributed by atoms with Crippen molar-refractivity contribution in [1.29, 1.82) is 0 Å². The number of piperazine rings is 1. The SMILES string of the molecule is CO[C@H]1/C=C/O[C@@]2(C)Oc3c(C)c(O)c4c(O)c(c(C=NN5CCN(Cc6cccc(C(F)(F)F)c6)CC5)c(O)c4c3C2=O)NC(=O)/C(C)=C\C=C\[C@H](C)[C@H](O)[C@@H](C)[C@@H](O)[C@H](C)[C@H](OC(C)=O)[C@H]1C. The zero-order valence-electron chi connectivity index (χ0n) is 40.0. The number of hydrogen-bond acceptors (Lipinski definition) is 15. The van der Waals surface area contributed by atoms with Crippen molar-refractivity contribution in [1.82, 2.24) is 9.91 Å². The van der Waals surface area contributed by atoms with Gasteiger partial charge >= 0.3 is 17.9 Å². The highest BCUT2D eigenvalue weighted by molar-refractivity contribution is 6.23. The number of hydrogen-bond donors (Lipinski definition) is 6. The van der Waals surface area contributed by atoms with Crippen LogP contribution in [0.3, 0.4) is 0 Å². The van der Waals surface area contributed by atoms with Crippen LogP contribution in [0.2, 0.25) is 0 Å². The number of aliphatic hydroxyl groups excluding tert-OH is 2. The number of amides is 1. The molecule has 0 aliphatic carbocycles. The molecule has 4 heterocycles. The van der Waals surface area contributed by atoms with E-state index >= 15 is 0 Å². The molecule has 0 aromatic heterocycles. The Hall–Kier alpha value is -6.15. The number of nitrogens with one attached hydrogen (secondary N) is 1. The molecule has 7 rings (SSSR count). The molecular weight excluding hydrogens is 906 g/mol. The highest BCUT2D eigenvalue weighted by Gasteiger charge is 2.50. The molecule has 374 valence electrons. The van der Waals surface area contributed by atoms with E-state index in [0.29, 0.717) is 31.7 Å². The molecule has 4 aliphatic heterocycles. The van der Waals surface area contributed by atoms with Gasteiger partial charge in [-0.3, -0.25) is 24.3 Å². The first kappa shape index (κ1) is 52.2. The van der Waals surface area contributed by atoms with Gasteiger partial charge in [0, 0.05) is 93.9 Å². The van der Waals surface area contributed by atoms with E-state index in [9.17, 15) is 53.1 Å². The number of ketones is 1. The number of aromatic hydroxyl groups is 3. The van der Waals surface area contributed by atoms with Crippen molar-refractivity contribution in [3.63, 3.8) is 0 Å². The predicted octanol–water partition coefficient (Wildman–Crippen LogP) is 6.92. The van der Waals surface area contributed by atoms with Crippen molar-refractivity contribution in [2.45, 2.75) is 98.3 Å². The van der Waals surface area contributed by atoms with Gasteiger partial charge in [-0.2, -0.15) is 18.3 Å². The molecule has 1 fully saturated rings. The molecule has 16 nitrogen and oxygen atoms in total. The fourth-order valence-corrected chi connectivity index (χ4v) is 9.13. The summed E-state index contributed by atoms with van der Waals surface area (Å²) in [7, 11) is 1.41. The van der Waals surface area contributed by atoms with Crippen molar-refractivity contribution in [3.8, 4) is 23.0 Å². The molecule has 0 unspecified atom stereocenters.